The smallest absolute Gasteiger partial charge is 0.225 e. The molecule has 0 aliphatic carbocycles. The van der Waals surface area contributed by atoms with Gasteiger partial charge in [0.2, 0.25) is 5.95 Å². The zero-order valence-electron chi connectivity index (χ0n) is 15.6. The van der Waals surface area contributed by atoms with Crippen molar-refractivity contribution in [1.29, 1.82) is 0 Å². The Kier molecular flexibility index (Phi) is 5.69. The molecule has 4 rings (SSSR count). The maximum atomic E-state index is 11.0. The van der Waals surface area contributed by atoms with Crippen molar-refractivity contribution < 1.29 is 9.84 Å². The van der Waals surface area contributed by atoms with Crippen molar-refractivity contribution >= 4 is 5.95 Å². The number of piperidine rings is 1. The zero-order valence-corrected chi connectivity index (χ0v) is 15.6. The highest BCUT2D eigenvalue weighted by Gasteiger charge is 2.37. The molecule has 0 spiro atoms. The molecule has 0 radical (unpaired) electrons. The predicted molar refractivity (Wildman–Crippen MR) is 100 cm³/mol. The number of nitrogens with zero attached hydrogens (tertiary/aromatic N) is 5. The average Bonchev–Trinajstić information content (AvgIpc) is 3.04. The van der Waals surface area contributed by atoms with Gasteiger partial charge in [0.15, 0.2) is 0 Å². The standard InChI is InChI=1S/C19H31N5O2/c25-19(15-22-5-2-1-3-6-22)4-7-23(16-19)14-17-12-20-18(21-13-17)24-8-10-26-11-9-24/h12-13,25H,1-11,14-16H2/t19-/m0/s1. The average molecular weight is 361 g/mol. The van der Waals surface area contributed by atoms with E-state index in [1.54, 1.807) is 0 Å². The van der Waals surface area contributed by atoms with E-state index >= 15 is 0 Å². The Morgan fingerprint density at radius 2 is 1.69 bits per heavy atom. The van der Waals surface area contributed by atoms with Crippen LogP contribution >= 0.6 is 0 Å². The number of aromatic nitrogens is 2. The maximum absolute atomic E-state index is 11.0. The third-order valence-electron chi connectivity index (χ3n) is 5.77. The molecule has 0 amide bonds. The van der Waals surface area contributed by atoms with Crippen molar-refractivity contribution in [1.82, 2.24) is 19.8 Å². The van der Waals surface area contributed by atoms with Crippen LogP contribution in [0.4, 0.5) is 5.95 Å². The summed E-state index contributed by atoms with van der Waals surface area (Å²) in [6.07, 6.45) is 8.59. The molecule has 1 atom stereocenters. The predicted octanol–water partition coefficient (Wildman–Crippen LogP) is 0.736. The number of anilines is 1. The molecule has 3 aliphatic rings. The number of β-amino-alcohol motifs (C(OH)–C–C–N with tert-alkyl or cyclic N) is 1. The fourth-order valence-electron chi connectivity index (χ4n) is 4.35. The van der Waals surface area contributed by atoms with Gasteiger partial charge in [0, 0.05) is 57.2 Å². The van der Waals surface area contributed by atoms with Crippen LogP contribution in [0.3, 0.4) is 0 Å². The minimum absolute atomic E-state index is 0.564. The van der Waals surface area contributed by atoms with E-state index < -0.39 is 5.60 Å². The SMILES string of the molecule is O[C@]1(CN2CCCCC2)CCN(Cc2cnc(N3CCOCC3)nc2)C1. The van der Waals surface area contributed by atoms with Crippen LogP contribution in [0.5, 0.6) is 0 Å². The van der Waals surface area contributed by atoms with E-state index in [0.29, 0.717) is 0 Å². The van der Waals surface area contributed by atoms with Gasteiger partial charge < -0.3 is 19.6 Å². The molecule has 1 aromatic rings. The summed E-state index contributed by atoms with van der Waals surface area (Å²) in [6, 6.07) is 0. The highest BCUT2D eigenvalue weighted by molar-refractivity contribution is 5.30. The van der Waals surface area contributed by atoms with Crippen molar-refractivity contribution in [2.75, 3.05) is 63.9 Å². The van der Waals surface area contributed by atoms with Gasteiger partial charge in [-0.2, -0.15) is 0 Å². The summed E-state index contributed by atoms with van der Waals surface area (Å²) in [5, 5.41) is 11.0. The summed E-state index contributed by atoms with van der Waals surface area (Å²) in [7, 11) is 0. The van der Waals surface area contributed by atoms with Gasteiger partial charge in [-0.05, 0) is 32.4 Å². The van der Waals surface area contributed by atoms with Gasteiger partial charge in [-0.25, -0.2) is 9.97 Å². The molecular weight excluding hydrogens is 330 g/mol. The van der Waals surface area contributed by atoms with Crippen molar-refractivity contribution in [3.63, 3.8) is 0 Å². The molecule has 26 heavy (non-hydrogen) atoms. The van der Waals surface area contributed by atoms with E-state index in [9.17, 15) is 5.11 Å². The highest BCUT2D eigenvalue weighted by atomic mass is 16.5. The van der Waals surface area contributed by atoms with E-state index in [1.807, 2.05) is 12.4 Å². The molecule has 0 saturated carbocycles. The van der Waals surface area contributed by atoms with Crippen LogP contribution in [0.2, 0.25) is 0 Å². The Hall–Kier alpha value is -1.28. The first-order valence-electron chi connectivity index (χ1n) is 10.0. The summed E-state index contributed by atoms with van der Waals surface area (Å²) in [4.78, 5) is 16.0. The monoisotopic (exact) mass is 361 g/mol. The van der Waals surface area contributed by atoms with E-state index in [1.165, 1.54) is 19.3 Å². The number of morpholine rings is 1. The van der Waals surface area contributed by atoms with Crippen LogP contribution < -0.4 is 4.90 Å². The first-order valence-corrected chi connectivity index (χ1v) is 10.0. The lowest BCUT2D eigenvalue weighted by atomic mass is 10.0. The van der Waals surface area contributed by atoms with E-state index in [-0.39, 0.29) is 0 Å². The number of rotatable bonds is 5. The van der Waals surface area contributed by atoms with Crippen LogP contribution in [0.1, 0.15) is 31.2 Å². The first-order chi connectivity index (χ1) is 12.7. The second-order valence-corrected chi connectivity index (χ2v) is 8.01. The van der Waals surface area contributed by atoms with Crippen LogP contribution in [-0.2, 0) is 11.3 Å². The topological polar surface area (TPSA) is 65.0 Å². The summed E-state index contributed by atoms with van der Waals surface area (Å²) >= 11 is 0. The number of ether oxygens (including phenoxy) is 1. The van der Waals surface area contributed by atoms with Gasteiger partial charge in [-0.1, -0.05) is 6.42 Å². The lowest BCUT2D eigenvalue weighted by molar-refractivity contribution is 0.00634. The summed E-state index contributed by atoms with van der Waals surface area (Å²) < 4.78 is 5.38. The highest BCUT2D eigenvalue weighted by Crippen LogP contribution is 2.25. The van der Waals surface area contributed by atoms with E-state index in [2.05, 4.69) is 24.7 Å². The molecule has 4 heterocycles. The maximum Gasteiger partial charge on any atom is 0.225 e. The first kappa shape index (κ1) is 18.1. The van der Waals surface area contributed by atoms with E-state index in [0.717, 1.165) is 83.5 Å². The van der Waals surface area contributed by atoms with Gasteiger partial charge >= 0.3 is 0 Å². The molecule has 1 N–H and O–H groups in total. The Bertz CT molecular complexity index is 572. The Morgan fingerprint density at radius 3 is 2.42 bits per heavy atom. The Balaban J connectivity index is 1.29. The summed E-state index contributed by atoms with van der Waals surface area (Å²) in [6.45, 7) is 8.79. The molecule has 7 heteroatoms. The third kappa shape index (κ3) is 4.52. The largest absolute Gasteiger partial charge is 0.387 e. The molecule has 0 bridgehead atoms. The molecule has 3 aliphatic heterocycles. The molecule has 0 aromatic carbocycles. The number of aliphatic hydroxyl groups is 1. The number of hydrogen-bond donors (Lipinski definition) is 1. The molecular formula is C19H31N5O2. The van der Waals surface area contributed by atoms with Crippen molar-refractivity contribution in [3.8, 4) is 0 Å². The minimum atomic E-state index is -0.564. The second-order valence-electron chi connectivity index (χ2n) is 8.01. The Labute approximate surface area is 156 Å². The number of likely N-dealkylation sites (tertiary alicyclic amines) is 2. The third-order valence-corrected chi connectivity index (χ3v) is 5.77. The van der Waals surface area contributed by atoms with Gasteiger partial charge in [0.25, 0.3) is 0 Å². The minimum Gasteiger partial charge on any atom is -0.387 e. The molecule has 3 fully saturated rings. The van der Waals surface area contributed by atoms with Gasteiger partial charge in [-0.15, -0.1) is 0 Å². The van der Waals surface area contributed by atoms with Crippen LogP contribution in [0, 0.1) is 0 Å². The number of hydrogen-bond acceptors (Lipinski definition) is 7. The molecule has 144 valence electrons. The zero-order chi connectivity index (χ0) is 17.8. The van der Waals surface area contributed by atoms with Crippen molar-refractivity contribution in [2.45, 2.75) is 37.8 Å². The lowest BCUT2D eigenvalue weighted by Gasteiger charge is -2.33. The van der Waals surface area contributed by atoms with E-state index in [4.69, 9.17) is 4.74 Å². The molecule has 3 saturated heterocycles. The normalized spacial score (nSPS) is 28.6. The molecule has 1 aromatic heterocycles. The Morgan fingerprint density at radius 1 is 0.962 bits per heavy atom. The van der Waals surface area contributed by atoms with Crippen LogP contribution in [0.15, 0.2) is 12.4 Å². The quantitative estimate of drug-likeness (QED) is 0.830. The van der Waals surface area contributed by atoms with Crippen LogP contribution in [0.25, 0.3) is 0 Å². The van der Waals surface area contributed by atoms with Crippen molar-refractivity contribution in [3.05, 3.63) is 18.0 Å². The van der Waals surface area contributed by atoms with Crippen molar-refractivity contribution in [2.24, 2.45) is 0 Å². The molecule has 0 unspecified atom stereocenters. The second kappa shape index (κ2) is 8.17. The molecule has 7 nitrogen and oxygen atoms in total. The summed E-state index contributed by atoms with van der Waals surface area (Å²) in [5.74, 6) is 0.792. The van der Waals surface area contributed by atoms with Gasteiger partial charge in [0.1, 0.15) is 0 Å². The van der Waals surface area contributed by atoms with Gasteiger partial charge in [0.05, 0.1) is 18.8 Å². The fraction of sp³-hybridized carbons (Fsp3) is 0.789. The fourth-order valence-corrected chi connectivity index (χ4v) is 4.35. The summed E-state index contributed by atoms with van der Waals surface area (Å²) in [5.41, 5.74) is 0.551. The lowest BCUT2D eigenvalue weighted by Crippen LogP contribution is -2.46. The van der Waals surface area contributed by atoms with Crippen LogP contribution in [-0.4, -0.2) is 89.5 Å². The van der Waals surface area contributed by atoms with Gasteiger partial charge in [-0.3, -0.25) is 4.90 Å².